The van der Waals surface area contributed by atoms with Crippen molar-refractivity contribution in [2.24, 2.45) is 0 Å². The van der Waals surface area contributed by atoms with Crippen LogP contribution in [-0.2, 0) is 14.3 Å². The summed E-state index contributed by atoms with van der Waals surface area (Å²) >= 11 is 0. The summed E-state index contributed by atoms with van der Waals surface area (Å²) in [6.07, 6.45) is 5.62. The second-order valence-electron chi connectivity index (χ2n) is 3.06. The number of carbonyl (C=O) groups is 1. The molecule has 2 aliphatic rings. The Morgan fingerprint density at radius 2 is 2.46 bits per heavy atom. The molecule has 4 nitrogen and oxygen atoms in total. The lowest BCUT2D eigenvalue weighted by atomic mass is 9.94. The summed E-state index contributed by atoms with van der Waals surface area (Å²) < 4.78 is 9.66. The molecule has 1 aliphatic carbocycles. The van der Waals surface area contributed by atoms with Gasteiger partial charge in [-0.05, 0) is 6.08 Å². The van der Waals surface area contributed by atoms with Gasteiger partial charge in [0.2, 0.25) is 0 Å². The van der Waals surface area contributed by atoms with Crippen molar-refractivity contribution in [1.82, 2.24) is 0 Å². The van der Waals surface area contributed by atoms with Gasteiger partial charge in [0.25, 0.3) is 0 Å². The lowest BCUT2D eigenvalue weighted by Crippen LogP contribution is -2.38. The van der Waals surface area contributed by atoms with Crippen molar-refractivity contribution in [2.45, 2.75) is 17.8 Å². The van der Waals surface area contributed by atoms with Crippen molar-refractivity contribution in [3.63, 3.8) is 0 Å². The number of fused-ring (bicyclic) bond motifs is 1. The second-order valence-corrected chi connectivity index (χ2v) is 3.06. The largest absolute Gasteiger partial charge is 0.467 e. The maximum absolute atomic E-state index is 11.0. The summed E-state index contributed by atoms with van der Waals surface area (Å²) in [7, 11) is 1.24. The van der Waals surface area contributed by atoms with E-state index in [1.807, 2.05) is 6.08 Å². The van der Waals surface area contributed by atoms with Crippen LogP contribution in [0.1, 0.15) is 0 Å². The molecule has 0 aromatic rings. The van der Waals surface area contributed by atoms with E-state index < -0.39 is 17.7 Å². The van der Waals surface area contributed by atoms with Gasteiger partial charge >= 0.3 is 5.97 Å². The Labute approximate surface area is 75.5 Å². The minimum Gasteiger partial charge on any atom is -0.467 e. The van der Waals surface area contributed by atoms with Crippen LogP contribution in [0.3, 0.4) is 0 Å². The highest BCUT2D eigenvalue weighted by Gasteiger charge is 2.61. The number of hydrogen-bond donors (Lipinski definition) is 1. The molecule has 0 aromatic heterocycles. The molecule has 0 spiro atoms. The molecule has 0 radical (unpaired) electrons. The van der Waals surface area contributed by atoms with Crippen molar-refractivity contribution in [3.05, 3.63) is 24.3 Å². The maximum atomic E-state index is 11.0. The van der Waals surface area contributed by atoms with Gasteiger partial charge in [0.15, 0.2) is 11.7 Å². The molecule has 0 saturated carbocycles. The smallest absolute Gasteiger partial charge is 0.338 e. The SMILES string of the molecule is COC(=O)C(O)C12C=CC=CC1O2. The maximum Gasteiger partial charge on any atom is 0.338 e. The first-order valence-electron chi connectivity index (χ1n) is 4.00. The topological polar surface area (TPSA) is 59.1 Å². The lowest BCUT2D eigenvalue weighted by Gasteiger charge is -2.14. The van der Waals surface area contributed by atoms with Crippen molar-refractivity contribution in [2.75, 3.05) is 7.11 Å². The number of methoxy groups -OCH3 is 1. The number of carbonyl (C=O) groups excluding carboxylic acids is 1. The number of ether oxygens (including phenoxy) is 2. The molecule has 13 heavy (non-hydrogen) atoms. The summed E-state index contributed by atoms with van der Waals surface area (Å²) in [6.45, 7) is 0. The van der Waals surface area contributed by atoms with Crippen LogP contribution in [0.5, 0.6) is 0 Å². The molecule has 3 atom stereocenters. The highest BCUT2D eigenvalue weighted by atomic mass is 16.6. The minimum absolute atomic E-state index is 0.188. The van der Waals surface area contributed by atoms with Gasteiger partial charge in [0.1, 0.15) is 6.10 Å². The van der Waals surface area contributed by atoms with E-state index in [4.69, 9.17) is 4.74 Å². The highest BCUT2D eigenvalue weighted by molar-refractivity contribution is 5.77. The molecule has 0 bridgehead atoms. The standard InChI is InChI=1S/C9H10O4/c1-12-8(11)7(10)9-5-3-2-4-6(9)13-9/h2-7,10H,1H3. The molecule has 1 N–H and O–H groups in total. The molecule has 1 heterocycles. The third-order valence-corrected chi connectivity index (χ3v) is 2.32. The monoisotopic (exact) mass is 182 g/mol. The summed E-state index contributed by atoms with van der Waals surface area (Å²) in [4.78, 5) is 11.0. The zero-order valence-electron chi connectivity index (χ0n) is 7.14. The molecule has 70 valence electrons. The second kappa shape index (κ2) is 2.68. The Bertz CT molecular complexity index is 294. The van der Waals surface area contributed by atoms with Gasteiger partial charge < -0.3 is 14.6 Å². The minimum atomic E-state index is -1.23. The Morgan fingerprint density at radius 1 is 1.69 bits per heavy atom. The van der Waals surface area contributed by atoms with Crippen LogP contribution in [-0.4, -0.2) is 36.0 Å². The van der Waals surface area contributed by atoms with Gasteiger partial charge in [-0.3, -0.25) is 0 Å². The first-order valence-corrected chi connectivity index (χ1v) is 4.00. The van der Waals surface area contributed by atoms with E-state index in [-0.39, 0.29) is 6.10 Å². The predicted octanol–water partition coefficient (Wildman–Crippen LogP) is -0.216. The van der Waals surface area contributed by atoms with Crippen LogP contribution < -0.4 is 0 Å². The fourth-order valence-electron chi connectivity index (χ4n) is 1.49. The number of rotatable bonds is 2. The molecule has 1 aliphatic heterocycles. The Kier molecular flexibility index (Phi) is 1.75. The van der Waals surface area contributed by atoms with Gasteiger partial charge in [0.05, 0.1) is 7.11 Å². The Morgan fingerprint density at radius 3 is 3.08 bits per heavy atom. The van der Waals surface area contributed by atoms with Crippen LogP contribution in [0.2, 0.25) is 0 Å². The molecule has 3 unspecified atom stereocenters. The van der Waals surface area contributed by atoms with E-state index in [1.165, 1.54) is 7.11 Å². The third kappa shape index (κ3) is 1.10. The first kappa shape index (κ1) is 8.47. The highest BCUT2D eigenvalue weighted by Crippen LogP contribution is 2.44. The Hall–Kier alpha value is -1.13. The molecular weight excluding hydrogens is 172 g/mol. The van der Waals surface area contributed by atoms with E-state index in [9.17, 15) is 9.90 Å². The molecule has 0 aromatic carbocycles. The van der Waals surface area contributed by atoms with Crippen molar-refractivity contribution in [1.29, 1.82) is 0 Å². The summed E-state index contributed by atoms with van der Waals surface area (Å²) in [5.74, 6) is -0.664. The van der Waals surface area contributed by atoms with Crippen LogP contribution in [0.4, 0.5) is 0 Å². The van der Waals surface area contributed by atoms with Gasteiger partial charge in [0, 0.05) is 0 Å². The van der Waals surface area contributed by atoms with E-state index >= 15 is 0 Å². The first-order chi connectivity index (χ1) is 6.20. The molecule has 1 saturated heterocycles. The molecule has 1 fully saturated rings. The number of aliphatic hydroxyl groups excluding tert-OH is 1. The Balaban J connectivity index is 2.15. The van der Waals surface area contributed by atoms with Crippen molar-refractivity contribution in [3.8, 4) is 0 Å². The number of esters is 1. The quantitative estimate of drug-likeness (QED) is 0.474. The molecule has 4 heteroatoms. The molecule has 2 rings (SSSR count). The number of aliphatic hydroxyl groups is 1. The van der Waals surface area contributed by atoms with Gasteiger partial charge in [-0.15, -0.1) is 0 Å². The van der Waals surface area contributed by atoms with Gasteiger partial charge in [-0.2, -0.15) is 0 Å². The molecular formula is C9H10O4. The fourth-order valence-corrected chi connectivity index (χ4v) is 1.49. The third-order valence-electron chi connectivity index (χ3n) is 2.32. The van der Waals surface area contributed by atoms with Crippen LogP contribution in [0.15, 0.2) is 24.3 Å². The lowest BCUT2D eigenvalue weighted by molar-refractivity contribution is -0.153. The predicted molar refractivity (Wildman–Crippen MR) is 43.9 cm³/mol. The summed E-state index contributed by atoms with van der Waals surface area (Å²) in [6, 6.07) is 0. The van der Waals surface area contributed by atoms with E-state index in [2.05, 4.69) is 4.74 Å². The van der Waals surface area contributed by atoms with Crippen LogP contribution >= 0.6 is 0 Å². The van der Waals surface area contributed by atoms with Gasteiger partial charge in [-0.25, -0.2) is 4.79 Å². The summed E-state index contributed by atoms with van der Waals surface area (Å²) in [5, 5.41) is 9.56. The average molecular weight is 182 g/mol. The van der Waals surface area contributed by atoms with Gasteiger partial charge in [-0.1, -0.05) is 18.2 Å². The summed E-state index contributed by atoms with van der Waals surface area (Å²) in [5.41, 5.74) is -0.859. The van der Waals surface area contributed by atoms with E-state index in [1.54, 1.807) is 18.2 Å². The zero-order valence-corrected chi connectivity index (χ0v) is 7.14. The van der Waals surface area contributed by atoms with Crippen molar-refractivity contribution < 1.29 is 19.4 Å². The number of epoxide rings is 1. The van der Waals surface area contributed by atoms with E-state index in [0.717, 1.165) is 0 Å². The van der Waals surface area contributed by atoms with E-state index in [0.29, 0.717) is 0 Å². The van der Waals surface area contributed by atoms with Crippen molar-refractivity contribution >= 4 is 5.97 Å². The normalized spacial score (nSPS) is 36.6. The molecule has 0 amide bonds. The average Bonchev–Trinajstić information content (AvgIpc) is 2.90. The number of hydrogen-bond acceptors (Lipinski definition) is 4. The zero-order chi connectivity index (χ0) is 9.47. The fraction of sp³-hybridized carbons (Fsp3) is 0.444. The van der Waals surface area contributed by atoms with Crippen LogP contribution in [0, 0.1) is 0 Å². The van der Waals surface area contributed by atoms with Crippen LogP contribution in [0.25, 0.3) is 0 Å². The number of allylic oxidation sites excluding steroid dienone is 2.